The zero-order valence-electron chi connectivity index (χ0n) is 38.5. The quantitative estimate of drug-likeness (QED) is 0.0273. The van der Waals surface area contributed by atoms with Crippen LogP contribution < -0.4 is 31.9 Å². The van der Waals surface area contributed by atoms with Crippen molar-refractivity contribution in [2.24, 2.45) is 5.92 Å². The van der Waals surface area contributed by atoms with Gasteiger partial charge in [0.2, 0.25) is 35.4 Å². The lowest BCUT2D eigenvalue weighted by Gasteiger charge is -2.42. The fourth-order valence-electron chi connectivity index (χ4n) is 6.79. The number of ether oxygens (including phenoxy) is 6. The van der Waals surface area contributed by atoms with E-state index < -0.39 is 86.3 Å². The van der Waals surface area contributed by atoms with Gasteiger partial charge in [0.1, 0.15) is 48.7 Å². The summed E-state index contributed by atoms with van der Waals surface area (Å²) in [7, 11) is 0. The van der Waals surface area contributed by atoms with Crippen molar-refractivity contribution in [2.75, 3.05) is 79.0 Å². The van der Waals surface area contributed by atoms with Crippen LogP contribution in [0.5, 0.6) is 0 Å². The van der Waals surface area contributed by atoms with Gasteiger partial charge >= 0.3 is 0 Å². The van der Waals surface area contributed by atoms with Crippen molar-refractivity contribution in [3.63, 3.8) is 0 Å². The molecule has 0 bridgehead atoms. The highest BCUT2D eigenvalue weighted by Crippen LogP contribution is 2.24. The van der Waals surface area contributed by atoms with Crippen LogP contribution in [-0.4, -0.2) is 206 Å². The van der Waals surface area contributed by atoms with E-state index in [9.17, 15) is 59.4 Å². The molecule has 10 atom stereocenters. The first-order chi connectivity index (χ1) is 31.6. The number of aliphatic hydroxyl groups excluding tert-OH is 6. The normalized spacial score (nSPS) is 25.6. The van der Waals surface area contributed by atoms with E-state index >= 15 is 0 Å². The van der Waals surface area contributed by atoms with Crippen molar-refractivity contribution in [1.82, 2.24) is 31.9 Å². The topological polar surface area (TPSA) is 351 Å². The van der Waals surface area contributed by atoms with Gasteiger partial charge in [0.15, 0.2) is 12.6 Å². The largest absolute Gasteiger partial charge is 0.394 e. The molecule has 66 heavy (non-hydrogen) atoms. The molecule has 0 aromatic carbocycles. The molecule has 0 spiro atoms. The van der Waals surface area contributed by atoms with Gasteiger partial charge in [-0.2, -0.15) is 0 Å². The standard InChI is InChI=1S/C42H76N6O18/c1-26(24-61-20-12-33(55)45-16-8-14-43-31(53)10-4-6-18-63-41-35(47-27(2)51)39(59)37(57)29(22-49)65-41)25-62-21-13-34(56)46-17-9-15-44-32(54)11-5-7-19-64-42-36(48-28(3)52)40(60)38(58)30(23-50)66-42/h26,29-30,35-42,49-50,57-60H,4-25H2,1-3H3,(H,43,53)(H,44,54)(H,45,55)(H,46,56)(H,47,51)(H,48,52). The molecule has 2 fully saturated rings. The number of unbranched alkanes of at least 4 members (excludes halogenated alkanes) is 2. The van der Waals surface area contributed by atoms with Gasteiger partial charge in [-0.1, -0.05) is 6.92 Å². The Labute approximate surface area is 385 Å². The van der Waals surface area contributed by atoms with E-state index in [1.807, 2.05) is 6.92 Å². The molecule has 0 aromatic heterocycles. The lowest BCUT2D eigenvalue weighted by molar-refractivity contribution is -0.270. The number of carbonyl (C=O) groups excluding carboxylic acids is 6. The number of hydrogen-bond acceptors (Lipinski definition) is 18. The van der Waals surface area contributed by atoms with E-state index in [0.717, 1.165) is 0 Å². The van der Waals surface area contributed by atoms with Crippen molar-refractivity contribution in [3.8, 4) is 0 Å². The molecule has 2 heterocycles. The molecule has 2 aliphatic rings. The van der Waals surface area contributed by atoms with E-state index in [4.69, 9.17) is 28.4 Å². The summed E-state index contributed by atoms with van der Waals surface area (Å²) >= 11 is 0. The van der Waals surface area contributed by atoms with Crippen LogP contribution in [0.3, 0.4) is 0 Å². The number of aliphatic hydroxyl groups is 6. The predicted molar refractivity (Wildman–Crippen MR) is 232 cm³/mol. The highest BCUT2D eigenvalue weighted by molar-refractivity contribution is 5.77. The molecule has 2 saturated heterocycles. The Morgan fingerprint density at radius 1 is 0.500 bits per heavy atom. The van der Waals surface area contributed by atoms with Gasteiger partial charge in [-0.3, -0.25) is 28.8 Å². The molecule has 12 N–H and O–H groups in total. The molecule has 0 radical (unpaired) electrons. The Bertz CT molecular complexity index is 1330. The predicted octanol–water partition coefficient (Wildman–Crippen LogP) is -4.06. The zero-order valence-corrected chi connectivity index (χ0v) is 38.5. The zero-order chi connectivity index (χ0) is 48.9. The van der Waals surface area contributed by atoms with Crippen LogP contribution in [0, 0.1) is 5.92 Å². The van der Waals surface area contributed by atoms with Gasteiger partial charge in [-0.25, -0.2) is 0 Å². The van der Waals surface area contributed by atoms with Crippen molar-refractivity contribution in [3.05, 3.63) is 0 Å². The third-order valence-electron chi connectivity index (χ3n) is 10.4. The van der Waals surface area contributed by atoms with Crippen LogP contribution in [0.1, 0.15) is 85.0 Å². The second-order valence-corrected chi connectivity index (χ2v) is 16.4. The summed E-state index contributed by atoms with van der Waals surface area (Å²) in [6, 6.07) is -2.05. The van der Waals surface area contributed by atoms with Crippen LogP contribution in [-0.2, 0) is 57.2 Å². The Morgan fingerprint density at radius 2 is 0.848 bits per heavy atom. The van der Waals surface area contributed by atoms with Gasteiger partial charge in [0.05, 0.1) is 39.6 Å². The molecule has 0 aliphatic carbocycles. The van der Waals surface area contributed by atoms with Crippen LogP contribution in [0.25, 0.3) is 0 Å². The molecule has 0 saturated carbocycles. The highest BCUT2D eigenvalue weighted by Gasteiger charge is 2.46. The van der Waals surface area contributed by atoms with E-state index in [-0.39, 0.29) is 81.7 Å². The molecule has 6 amide bonds. The number of nitrogens with one attached hydrogen (secondary N) is 6. The van der Waals surface area contributed by atoms with Gasteiger partial charge in [0, 0.05) is 84.8 Å². The third-order valence-corrected chi connectivity index (χ3v) is 10.4. The Hall–Kier alpha value is -3.66. The summed E-state index contributed by atoms with van der Waals surface area (Å²) in [5.74, 6) is -1.54. The summed E-state index contributed by atoms with van der Waals surface area (Å²) in [6.07, 6.45) is -6.08. The highest BCUT2D eigenvalue weighted by atomic mass is 16.7. The molecule has 382 valence electrons. The van der Waals surface area contributed by atoms with E-state index in [1.165, 1.54) is 13.8 Å². The lowest BCUT2D eigenvalue weighted by atomic mass is 9.97. The molecule has 0 aromatic rings. The Morgan fingerprint density at radius 3 is 1.18 bits per heavy atom. The number of rotatable bonds is 34. The smallest absolute Gasteiger partial charge is 0.222 e. The average Bonchev–Trinajstić information content (AvgIpc) is 3.27. The number of amides is 6. The van der Waals surface area contributed by atoms with Crippen molar-refractivity contribution >= 4 is 35.4 Å². The molecule has 24 nitrogen and oxygen atoms in total. The fourth-order valence-corrected chi connectivity index (χ4v) is 6.79. The fraction of sp³-hybridized carbons (Fsp3) is 0.857. The van der Waals surface area contributed by atoms with Gasteiger partial charge in [0.25, 0.3) is 0 Å². The lowest BCUT2D eigenvalue weighted by Crippen LogP contribution is -2.64. The monoisotopic (exact) mass is 953 g/mol. The molecular weight excluding hydrogens is 876 g/mol. The second kappa shape index (κ2) is 33.8. The van der Waals surface area contributed by atoms with Crippen LogP contribution >= 0.6 is 0 Å². The van der Waals surface area contributed by atoms with E-state index in [1.54, 1.807) is 0 Å². The maximum atomic E-state index is 12.2. The first kappa shape index (κ1) is 58.5. The van der Waals surface area contributed by atoms with Crippen molar-refractivity contribution < 1.29 is 87.8 Å². The summed E-state index contributed by atoms with van der Waals surface area (Å²) in [5, 5.41) is 75.8. The molecule has 10 unspecified atom stereocenters. The maximum Gasteiger partial charge on any atom is 0.222 e. The second-order valence-electron chi connectivity index (χ2n) is 16.4. The first-order valence-electron chi connectivity index (χ1n) is 22.8. The Kier molecular flexibility index (Phi) is 29.9. The van der Waals surface area contributed by atoms with Crippen molar-refractivity contribution in [2.45, 2.75) is 146 Å². The number of carbonyl (C=O) groups is 6. The van der Waals surface area contributed by atoms with Crippen molar-refractivity contribution in [1.29, 1.82) is 0 Å². The average molecular weight is 953 g/mol. The summed E-state index contributed by atoms with van der Waals surface area (Å²) in [5.41, 5.74) is 0. The minimum Gasteiger partial charge on any atom is -0.394 e. The molecule has 2 rings (SSSR count). The van der Waals surface area contributed by atoms with Crippen LogP contribution in [0.2, 0.25) is 0 Å². The molecule has 2 aliphatic heterocycles. The van der Waals surface area contributed by atoms with Crippen LogP contribution in [0.15, 0.2) is 0 Å². The summed E-state index contributed by atoms with van der Waals surface area (Å²) in [6.45, 7) is 6.36. The minimum atomic E-state index is -1.40. The molecular formula is C42H76N6O18. The number of hydrogen-bond donors (Lipinski definition) is 12. The minimum absolute atomic E-state index is 0.0392. The van der Waals surface area contributed by atoms with E-state index in [0.29, 0.717) is 77.9 Å². The van der Waals surface area contributed by atoms with Gasteiger partial charge in [-0.15, -0.1) is 0 Å². The summed E-state index contributed by atoms with van der Waals surface area (Å²) in [4.78, 5) is 71.7. The van der Waals surface area contributed by atoms with Gasteiger partial charge < -0.3 is 91.0 Å². The maximum absolute atomic E-state index is 12.2. The summed E-state index contributed by atoms with van der Waals surface area (Å²) < 4.78 is 33.5. The molecule has 24 heteroatoms. The first-order valence-corrected chi connectivity index (χ1v) is 22.8. The third kappa shape index (κ3) is 23.9. The van der Waals surface area contributed by atoms with Gasteiger partial charge in [-0.05, 0) is 38.5 Å². The van der Waals surface area contributed by atoms with Crippen LogP contribution in [0.4, 0.5) is 0 Å². The van der Waals surface area contributed by atoms with E-state index in [2.05, 4.69) is 31.9 Å². The SMILES string of the molecule is CC(=O)NC1C(OCCCCC(=O)NCCCNC(=O)CCOCC(C)COCCC(=O)NCCCNC(=O)CCCCOC2OC(CO)C(O)C(O)C2NC(C)=O)OC(CO)C(O)C1O. The Balaban J connectivity index is 1.39.